The number of aromatic nitrogens is 2. The standard InChI is InChI=1S/C15H25N5O.C8H14O2.CH5NO/c1-18(2)6-7-20-10-12(9-16-20)17-14(21)13-8-15(4-5-15)11-19(13)3;1-2-3-4-8(7-10)5-6-9;1-2-3/h9-10,13H,4-8,11H2,1-3H3,(H,17,21);6-8H,2-5H2,1H3;2-3H,1H3. The van der Waals surface area contributed by atoms with Gasteiger partial charge < -0.3 is 25.0 Å². The molecule has 0 aromatic carbocycles. The fourth-order valence-corrected chi connectivity index (χ4v) is 4.01. The molecule has 2 heterocycles. The van der Waals surface area contributed by atoms with Gasteiger partial charge in [-0.25, -0.2) is 5.48 Å². The van der Waals surface area contributed by atoms with Crippen molar-refractivity contribution >= 4 is 24.2 Å². The van der Waals surface area contributed by atoms with Gasteiger partial charge in [0.25, 0.3) is 0 Å². The maximum absolute atomic E-state index is 12.4. The van der Waals surface area contributed by atoms with Gasteiger partial charge in [0.05, 0.1) is 24.5 Å². The normalized spacial score (nSPS) is 19.0. The summed E-state index contributed by atoms with van der Waals surface area (Å²) in [4.78, 5) is 36.9. The number of carbonyl (C=O) groups is 3. The van der Waals surface area contributed by atoms with Gasteiger partial charge in [-0.15, -0.1) is 0 Å². The topological polar surface area (TPSA) is 120 Å². The molecule has 10 heteroatoms. The Morgan fingerprint density at radius 2 is 2.06 bits per heavy atom. The summed E-state index contributed by atoms with van der Waals surface area (Å²) < 4.78 is 1.87. The van der Waals surface area contributed by atoms with Gasteiger partial charge in [0.15, 0.2) is 0 Å². The largest absolute Gasteiger partial charge is 0.322 e. The molecule has 194 valence electrons. The third kappa shape index (κ3) is 10.9. The number of nitrogens with one attached hydrogen (secondary N) is 2. The number of nitrogens with zero attached hydrogens (tertiary/aromatic N) is 4. The van der Waals surface area contributed by atoms with Crippen molar-refractivity contribution in [3.63, 3.8) is 0 Å². The van der Waals surface area contributed by atoms with Crippen molar-refractivity contribution in [2.24, 2.45) is 11.3 Å². The molecule has 3 N–H and O–H groups in total. The third-order valence-electron chi connectivity index (χ3n) is 6.20. The van der Waals surface area contributed by atoms with Gasteiger partial charge in [0.2, 0.25) is 5.91 Å². The average molecular weight is 481 g/mol. The molecule has 1 saturated heterocycles. The highest BCUT2D eigenvalue weighted by Crippen LogP contribution is 2.54. The monoisotopic (exact) mass is 480 g/mol. The molecule has 10 nitrogen and oxygen atoms in total. The number of likely N-dealkylation sites (tertiary alicyclic amines) is 1. The quantitative estimate of drug-likeness (QED) is 0.325. The minimum atomic E-state index is -0.0301. The van der Waals surface area contributed by atoms with E-state index in [2.05, 4.69) is 34.2 Å². The van der Waals surface area contributed by atoms with Gasteiger partial charge in [-0.05, 0) is 52.2 Å². The summed E-state index contributed by atoms with van der Waals surface area (Å²) in [6, 6.07) is 0.0117. The van der Waals surface area contributed by atoms with Crippen molar-refractivity contribution in [3.05, 3.63) is 12.4 Å². The van der Waals surface area contributed by atoms with E-state index in [4.69, 9.17) is 5.21 Å². The molecule has 1 aromatic rings. The molecular formula is C24H44N6O4. The highest BCUT2D eigenvalue weighted by Gasteiger charge is 2.52. The first-order valence-corrected chi connectivity index (χ1v) is 12.1. The van der Waals surface area contributed by atoms with Gasteiger partial charge in [-0.2, -0.15) is 5.10 Å². The van der Waals surface area contributed by atoms with E-state index in [0.717, 1.165) is 63.6 Å². The average Bonchev–Trinajstić information content (AvgIpc) is 3.25. The lowest BCUT2D eigenvalue weighted by Gasteiger charge is -2.17. The lowest BCUT2D eigenvalue weighted by Crippen LogP contribution is -2.36. The second-order valence-electron chi connectivity index (χ2n) is 9.58. The number of rotatable bonds is 11. The van der Waals surface area contributed by atoms with Gasteiger partial charge in [-0.1, -0.05) is 19.8 Å². The molecule has 1 aliphatic heterocycles. The fraction of sp³-hybridized carbons (Fsp3) is 0.750. The number of anilines is 1. The number of hydrogen-bond acceptors (Lipinski definition) is 8. The summed E-state index contributed by atoms with van der Waals surface area (Å²) in [5.41, 5.74) is 3.00. The van der Waals surface area contributed by atoms with Crippen molar-refractivity contribution in [1.29, 1.82) is 0 Å². The first-order valence-electron chi connectivity index (χ1n) is 12.1. The van der Waals surface area contributed by atoms with Crippen LogP contribution in [0.5, 0.6) is 0 Å². The van der Waals surface area contributed by atoms with E-state index in [-0.39, 0.29) is 17.9 Å². The molecule has 1 saturated carbocycles. The minimum absolute atomic E-state index is 0.0117. The van der Waals surface area contributed by atoms with Gasteiger partial charge in [0.1, 0.15) is 12.6 Å². The van der Waals surface area contributed by atoms with Crippen LogP contribution in [0.1, 0.15) is 51.9 Å². The van der Waals surface area contributed by atoms with Gasteiger partial charge in [0, 0.05) is 38.7 Å². The molecule has 0 bridgehead atoms. The molecule has 2 atom stereocenters. The Balaban J connectivity index is 0.000000375. The van der Waals surface area contributed by atoms with Crippen LogP contribution in [0.15, 0.2) is 12.4 Å². The van der Waals surface area contributed by atoms with E-state index in [1.807, 2.05) is 25.0 Å². The highest BCUT2D eigenvalue weighted by molar-refractivity contribution is 5.94. The van der Waals surface area contributed by atoms with E-state index in [9.17, 15) is 14.4 Å². The Labute approximate surface area is 204 Å². The van der Waals surface area contributed by atoms with Crippen molar-refractivity contribution in [3.8, 4) is 0 Å². The molecule has 0 radical (unpaired) electrons. The predicted molar refractivity (Wildman–Crippen MR) is 133 cm³/mol. The summed E-state index contributed by atoms with van der Waals surface area (Å²) in [6.45, 7) is 4.90. The number of likely N-dealkylation sites (N-methyl/N-ethyl adjacent to an activating group) is 2. The van der Waals surface area contributed by atoms with Crippen LogP contribution >= 0.6 is 0 Å². The number of hydrogen-bond donors (Lipinski definition) is 3. The summed E-state index contributed by atoms with van der Waals surface area (Å²) in [5.74, 6) is 0.0749. The van der Waals surface area contributed by atoms with Crippen molar-refractivity contribution in [2.45, 2.75) is 64.5 Å². The van der Waals surface area contributed by atoms with Crippen LogP contribution in [-0.4, -0.2) is 90.6 Å². The predicted octanol–water partition coefficient (Wildman–Crippen LogP) is 2.04. The molecule has 34 heavy (non-hydrogen) atoms. The van der Waals surface area contributed by atoms with Crippen molar-refractivity contribution < 1.29 is 19.6 Å². The van der Waals surface area contributed by atoms with Crippen LogP contribution in [-0.2, 0) is 20.9 Å². The number of unbranched alkanes of at least 4 members (excludes halogenated alkanes) is 1. The van der Waals surface area contributed by atoms with Crippen LogP contribution in [0.25, 0.3) is 0 Å². The van der Waals surface area contributed by atoms with Crippen LogP contribution in [0.4, 0.5) is 5.69 Å². The van der Waals surface area contributed by atoms with E-state index in [1.54, 1.807) is 11.7 Å². The zero-order valence-electron chi connectivity index (χ0n) is 21.5. The Morgan fingerprint density at radius 3 is 2.56 bits per heavy atom. The number of carbonyl (C=O) groups excluding carboxylic acids is 3. The second kappa shape index (κ2) is 15.7. The van der Waals surface area contributed by atoms with Crippen LogP contribution < -0.4 is 10.8 Å². The van der Waals surface area contributed by atoms with E-state index in [1.165, 1.54) is 19.9 Å². The Hall–Kier alpha value is -2.14. The first-order chi connectivity index (χ1) is 16.2. The van der Waals surface area contributed by atoms with E-state index < -0.39 is 0 Å². The smallest absolute Gasteiger partial charge is 0.241 e. The molecule has 2 fully saturated rings. The van der Waals surface area contributed by atoms with Gasteiger partial charge >= 0.3 is 0 Å². The summed E-state index contributed by atoms with van der Waals surface area (Å²) in [5, 5.41) is 14.6. The molecule has 2 unspecified atom stereocenters. The van der Waals surface area contributed by atoms with E-state index in [0.29, 0.717) is 11.8 Å². The summed E-state index contributed by atoms with van der Waals surface area (Å²) >= 11 is 0. The van der Waals surface area contributed by atoms with Crippen molar-refractivity contribution in [1.82, 2.24) is 25.1 Å². The number of aldehydes is 2. The number of hydroxylamine groups is 1. The fourth-order valence-electron chi connectivity index (χ4n) is 4.01. The molecular weight excluding hydrogens is 436 g/mol. The summed E-state index contributed by atoms with van der Waals surface area (Å²) in [7, 11) is 7.56. The second-order valence-corrected chi connectivity index (χ2v) is 9.58. The molecule has 1 spiro atoms. The molecule has 3 rings (SSSR count). The molecule has 2 aliphatic rings. The zero-order chi connectivity index (χ0) is 25.6. The molecule has 1 amide bonds. The highest BCUT2D eigenvalue weighted by atomic mass is 16.5. The van der Waals surface area contributed by atoms with Crippen LogP contribution in [0.2, 0.25) is 0 Å². The SMILES string of the molecule is CCCCC(C=O)CC=O.CN(C)CCn1cc(NC(=O)C2CC3(CC3)CN2C)cn1.CNO. The first kappa shape index (κ1) is 29.9. The maximum atomic E-state index is 12.4. The van der Waals surface area contributed by atoms with Gasteiger partial charge in [-0.3, -0.25) is 14.4 Å². The lowest BCUT2D eigenvalue weighted by atomic mass is 10.0. The molecule has 1 aliphatic carbocycles. The Kier molecular flexibility index (Phi) is 13.8. The van der Waals surface area contributed by atoms with Crippen molar-refractivity contribution in [2.75, 3.05) is 46.6 Å². The minimum Gasteiger partial charge on any atom is -0.322 e. The summed E-state index contributed by atoms with van der Waals surface area (Å²) in [6.07, 6.45) is 12.3. The third-order valence-corrected chi connectivity index (χ3v) is 6.20. The zero-order valence-corrected chi connectivity index (χ0v) is 21.5. The lowest BCUT2D eigenvalue weighted by molar-refractivity contribution is -0.120. The van der Waals surface area contributed by atoms with Crippen LogP contribution in [0, 0.1) is 11.3 Å². The maximum Gasteiger partial charge on any atom is 0.241 e. The number of amides is 1. The molecule has 1 aromatic heterocycles. The van der Waals surface area contributed by atoms with Crippen LogP contribution in [0.3, 0.4) is 0 Å². The Bertz CT molecular complexity index is 735. The van der Waals surface area contributed by atoms with E-state index >= 15 is 0 Å². The Morgan fingerprint density at radius 1 is 1.38 bits per heavy atom.